The Labute approximate surface area is 513 Å². The summed E-state index contributed by atoms with van der Waals surface area (Å²) in [4.78, 5) is 26.6. The van der Waals surface area contributed by atoms with Crippen molar-refractivity contribution in [3.05, 3.63) is 109 Å². The van der Waals surface area contributed by atoms with Crippen LogP contribution in [0, 0.1) is 0 Å². The summed E-state index contributed by atoms with van der Waals surface area (Å²) in [6, 6.07) is -1.04. The van der Waals surface area contributed by atoms with Crippen molar-refractivity contribution in [1.29, 1.82) is 0 Å². The molecule has 0 spiro atoms. The summed E-state index contributed by atoms with van der Waals surface area (Å²) in [6.45, 7) is 5.64. The number of carbonyl (C=O) groups is 2. The van der Waals surface area contributed by atoms with E-state index >= 15 is 0 Å². The average molecular weight is 1180 g/mol. The molecule has 0 saturated carbocycles. The summed E-state index contributed by atoms with van der Waals surface area (Å²) in [7, 11) is 0. The Morgan fingerprint density at radius 2 is 0.857 bits per heavy atom. The van der Waals surface area contributed by atoms with E-state index in [0.717, 1.165) is 96.3 Å². The van der Waals surface area contributed by atoms with Crippen molar-refractivity contribution < 1.29 is 49.3 Å². The number of aliphatic hydroxyl groups excluding tert-OH is 5. The Kier molecular flexibility index (Phi) is 55.6. The van der Waals surface area contributed by atoms with Gasteiger partial charge in [0.1, 0.15) is 24.4 Å². The summed E-state index contributed by atoms with van der Waals surface area (Å²) in [5.74, 6) is -1.24. The molecule has 84 heavy (non-hydrogen) atoms. The molecular weight excluding hydrogens is 1050 g/mol. The Morgan fingerprint density at radius 1 is 0.476 bits per heavy atom. The van der Waals surface area contributed by atoms with Crippen LogP contribution in [0.2, 0.25) is 0 Å². The highest BCUT2D eigenvalue weighted by Crippen LogP contribution is 2.26. The second-order valence-electron chi connectivity index (χ2n) is 23.2. The molecule has 1 aliphatic heterocycles. The zero-order valence-electron chi connectivity index (χ0n) is 53.5. The topological polar surface area (TPSA) is 175 Å². The van der Waals surface area contributed by atoms with E-state index in [-0.39, 0.29) is 19.4 Å². The summed E-state index contributed by atoms with van der Waals surface area (Å²) >= 11 is 0. The zero-order valence-corrected chi connectivity index (χ0v) is 53.5. The van der Waals surface area contributed by atoms with E-state index in [9.17, 15) is 35.1 Å². The molecule has 0 radical (unpaired) electrons. The van der Waals surface area contributed by atoms with Crippen molar-refractivity contribution in [2.75, 3.05) is 13.2 Å². The summed E-state index contributed by atoms with van der Waals surface area (Å²) in [5.41, 5.74) is 0. The van der Waals surface area contributed by atoms with Gasteiger partial charge in [-0.3, -0.25) is 9.59 Å². The SMILES string of the molecule is CC/C=C\C/C=C\C/C=C\C/C=C\C/C=C\C/C=C\CCCCC(=O)OC1C(OCC(NC(=O)C(O)CCCCCCCCCCCCCC/C=C\C/C=C\CCCCC)C(O)/C=C/CCCCCCCCCCCC)OC(CO)C(O)C1O. The van der Waals surface area contributed by atoms with Crippen LogP contribution in [0.25, 0.3) is 0 Å². The van der Waals surface area contributed by atoms with E-state index in [1.807, 2.05) is 6.08 Å². The fraction of sp³-hybridized carbons (Fsp3) is 0.726. The molecule has 1 fully saturated rings. The van der Waals surface area contributed by atoms with Crippen LogP contribution in [-0.2, 0) is 23.8 Å². The van der Waals surface area contributed by atoms with E-state index in [1.165, 1.54) is 135 Å². The van der Waals surface area contributed by atoms with Gasteiger partial charge in [0.05, 0.1) is 25.4 Å². The Bertz CT molecular complexity index is 1780. The Morgan fingerprint density at radius 3 is 1.31 bits per heavy atom. The number of unbranched alkanes of at least 4 members (excludes halogenated alkanes) is 27. The van der Waals surface area contributed by atoms with Crippen LogP contribution in [0.15, 0.2) is 109 Å². The maximum absolute atomic E-state index is 13.5. The number of hydrogen-bond donors (Lipinski definition) is 6. The van der Waals surface area contributed by atoms with E-state index in [1.54, 1.807) is 6.08 Å². The van der Waals surface area contributed by atoms with Crippen LogP contribution < -0.4 is 5.32 Å². The second-order valence-corrected chi connectivity index (χ2v) is 23.2. The largest absolute Gasteiger partial charge is 0.454 e. The first-order valence-corrected chi connectivity index (χ1v) is 34.2. The first-order chi connectivity index (χ1) is 41.2. The van der Waals surface area contributed by atoms with E-state index in [0.29, 0.717) is 12.8 Å². The predicted molar refractivity (Wildman–Crippen MR) is 351 cm³/mol. The minimum Gasteiger partial charge on any atom is -0.454 e. The van der Waals surface area contributed by atoms with Gasteiger partial charge in [-0.15, -0.1) is 0 Å². The van der Waals surface area contributed by atoms with Crippen LogP contribution in [0.1, 0.15) is 278 Å². The molecule has 8 unspecified atom stereocenters. The van der Waals surface area contributed by atoms with Gasteiger partial charge < -0.3 is 45.1 Å². The molecular formula is C73H125NO10. The van der Waals surface area contributed by atoms with Crippen LogP contribution in [-0.4, -0.2) is 99.6 Å². The second kappa shape index (κ2) is 59.6. The van der Waals surface area contributed by atoms with Crippen LogP contribution >= 0.6 is 0 Å². The van der Waals surface area contributed by atoms with Gasteiger partial charge in [-0.05, 0) is 109 Å². The van der Waals surface area contributed by atoms with Gasteiger partial charge in [0.25, 0.3) is 0 Å². The molecule has 1 saturated heterocycles. The lowest BCUT2D eigenvalue weighted by molar-refractivity contribution is -0.305. The summed E-state index contributed by atoms with van der Waals surface area (Å²) < 4.78 is 17.6. The molecule has 1 heterocycles. The number of aliphatic hydroxyl groups is 5. The van der Waals surface area contributed by atoms with Gasteiger partial charge in [-0.1, -0.05) is 271 Å². The zero-order chi connectivity index (χ0) is 61.0. The quantitative estimate of drug-likeness (QED) is 0.0195. The van der Waals surface area contributed by atoms with Crippen LogP contribution in [0.4, 0.5) is 0 Å². The van der Waals surface area contributed by atoms with Gasteiger partial charge in [0, 0.05) is 6.42 Å². The lowest BCUT2D eigenvalue weighted by Gasteiger charge is -2.41. The molecule has 11 heteroatoms. The third kappa shape index (κ3) is 46.5. The molecule has 0 aromatic rings. The molecule has 8 atom stereocenters. The first-order valence-electron chi connectivity index (χ1n) is 34.2. The normalized spacial score (nSPS) is 19.2. The molecule has 482 valence electrons. The maximum atomic E-state index is 13.5. The fourth-order valence-electron chi connectivity index (χ4n) is 10.0. The van der Waals surface area contributed by atoms with Crippen molar-refractivity contribution in [1.82, 2.24) is 5.32 Å². The number of rotatable bonds is 57. The number of esters is 1. The number of ether oxygens (including phenoxy) is 3. The third-order valence-electron chi connectivity index (χ3n) is 15.4. The van der Waals surface area contributed by atoms with Crippen molar-refractivity contribution in [2.24, 2.45) is 0 Å². The maximum Gasteiger partial charge on any atom is 0.306 e. The number of amides is 1. The van der Waals surface area contributed by atoms with Crippen LogP contribution in [0.5, 0.6) is 0 Å². The monoisotopic (exact) mass is 1180 g/mol. The average Bonchev–Trinajstić information content (AvgIpc) is 3.69. The number of hydrogen-bond acceptors (Lipinski definition) is 10. The highest BCUT2D eigenvalue weighted by molar-refractivity contribution is 5.80. The molecule has 11 nitrogen and oxygen atoms in total. The first kappa shape index (κ1) is 78.3. The van der Waals surface area contributed by atoms with Gasteiger partial charge in [0.2, 0.25) is 5.91 Å². The lowest BCUT2D eigenvalue weighted by atomic mass is 9.99. The highest BCUT2D eigenvalue weighted by Gasteiger charge is 2.47. The van der Waals surface area contributed by atoms with Crippen molar-refractivity contribution in [2.45, 2.75) is 327 Å². The van der Waals surface area contributed by atoms with E-state index < -0.39 is 67.4 Å². The molecule has 6 N–H and O–H groups in total. The molecule has 0 aromatic carbocycles. The summed E-state index contributed by atoms with van der Waals surface area (Å²) in [5, 5.41) is 57.2. The smallest absolute Gasteiger partial charge is 0.306 e. The molecule has 0 aliphatic carbocycles. The van der Waals surface area contributed by atoms with Gasteiger partial charge >= 0.3 is 5.97 Å². The molecule has 0 aromatic heterocycles. The Hall–Kier alpha value is -3.68. The molecule has 1 aliphatic rings. The minimum atomic E-state index is -1.64. The fourth-order valence-corrected chi connectivity index (χ4v) is 10.0. The number of carbonyl (C=O) groups excluding carboxylic acids is 2. The van der Waals surface area contributed by atoms with Crippen molar-refractivity contribution >= 4 is 11.9 Å². The van der Waals surface area contributed by atoms with Gasteiger partial charge in [0.15, 0.2) is 12.4 Å². The highest BCUT2D eigenvalue weighted by atomic mass is 16.7. The molecule has 0 bridgehead atoms. The van der Waals surface area contributed by atoms with Crippen molar-refractivity contribution in [3.63, 3.8) is 0 Å². The lowest BCUT2D eigenvalue weighted by Crippen LogP contribution is -2.61. The van der Waals surface area contributed by atoms with E-state index in [2.05, 4.69) is 123 Å². The predicted octanol–water partition coefficient (Wildman–Crippen LogP) is 17.2. The van der Waals surface area contributed by atoms with Crippen molar-refractivity contribution in [3.8, 4) is 0 Å². The number of nitrogens with one attached hydrogen (secondary N) is 1. The standard InChI is InChI=1S/C73H125NO10/c1-4-7-10-13-16-19-22-25-27-29-31-33-35-36-38-40-42-45-48-51-54-57-60-66(77)72(81)74-64(65(76)59-56-53-50-47-44-24-21-18-15-12-9-6-3)63-82-73-71(70(80)69(79)67(62-75)83-73)84-68(78)61-58-55-52-49-46-43-41-39-37-34-32-30-28-26-23-20-17-14-11-8-5-2/h8,11,16-17,19-20,25-28,32,34,39,41,46,49,56,59,64-67,69-71,73,75-77,79-80H,4-7,9-10,12-15,18,21-24,29-31,33,35-38,40,42-45,47-48,50-55,57-58,60-63H2,1-3H3,(H,74,81)/b11-8-,19-16-,20-17-,27-25-,28-26-,34-32-,41-39-,49-46-,59-56+. The molecule has 1 amide bonds. The summed E-state index contributed by atoms with van der Waals surface area (Å²) in [6.07, 6.45) is 71.2. The van der Waals surface area contributed by atoms with E-state index in [4.69, 9.17) is 14.2 Å². The number of allylic oxidation sites excluding steroid dienone is 17. The molecule has 1 rings (SSSR count). The van der Waals surface area contributed by atoms with Crippen LogP contribution in [0.3, 0.4) is 0 Å². The third-order valence-corrected chi connectivity index (χ3v) is 15.4. The van der Waals surface area contributed by atoms with Gasteiger partial charge in [-0.2, -0.15) is 0 Å². The minimum absolute atomic E-state index is 0.0637. The van der Waals surface area contributed by atoms with Gasteiger partial charge in [-0.25, -0.2) is 0 Å². The Balaban J connectivity index is 2.64.